The highest BCUT2D eigenvalue weighted by molar-refractivity contribution is 5.42. The summed E-state index contributed by atoms with van der Waals surface area (Å²) in [5.74, 6) is 0.107. The summed E-state index contributed by atoms with van der Waals surface area (Å²) in [7, 11) is 3.38. The molecule has 1 rings (SSSR count). The monoisotopic (exact) mass is 244 g/mol. The number of nitrogens with zero attached hydrogens (tertiary/aromatic N) is 3. The normalized spacial score (nSPS) is 10.4. The van der Waals surface area contributed by atoms with Crippen molar-refractivity contribution in [3.63, 3.8) is 0 Å². The van der Waals surface area contributed by atoms with Crippen molar-refractivity contribution in [2.24, 2.45) is 0 Å². The van der Waals surface area contributed by atoms with E-state index >= 15 is 0 Å². The summed E-state index contributed by atoms with van der Waals surface area (Å²) in [6.07, 6.45) is 1.12. The van der Waals surface area contributed by atoms with Gasteiger partial charge < -0.3 is 20.1 Å². The highest BCUT2D eigenvalue weighted by Gasteiger charge is 2.10. The average Bonchev–Trinajstić information content (AvgIpc) is 2.35. The van der Waals surface area contributed by atoms with Crippen molar-refractivity contribution in [2.75, 3.05) is 50.7 Å². The first-order chi connectivity index (χ1) is 8.19. The van der Waals surface area contributed by atoms with E-state index in [2.05, 4.69) is 15.3 Å². The molecule has 0 aromatic carbocycles. The first-order valence-corrected chi connectivity index (χ1v) is 5.29. The smallest absolute Gasteiger partial charge is 0.224 e. The molecule has 1 aromatic rings. The molecule has 0 fully saturated rings. The Bertz CT molecular complexity index is 351. The average molecular weight is 244 g/mol. The summed E-state index contributed by atoms with van der Waals surface area (Å²) in [6.45, 7) is 1.14. The highest BCUT2D eigenvalue weighted by atomic mass is 19.1. The minimum Gasteiger partial charge on any atom is -0.394 e. The van der Waals surface area contributed by atoms with Crippen molar-refractivity contribution in [2.45, 2.75) is 0 Å². The number of halogens is 1. The molecule has 0 radical (unpaired) electrons. The molecule has 7 heteroatoms. The van der Waals surface area contributed by atoms with Gasteiger partial charge in [0, 0.05) is 20.6 Å². The predicted molar refractivity (Wildman–Crippen MR) is 62.7 cm³/mol. The summed E-state index contributed by atoms with van der Waals surface area (Å²) >= 11 is 0. The van der Waals surface area contributed by atoms with Gasteiger partial charge in [0.2, 0.25) is 5.95 Å². The van der Waals surface area contributed by atoms with E-state index in [4.69, 9.17) is 9.84 Å². The Hall–Kier alpha value is -1.47. The molecular formula is C10H17FN4O2. The van der Waals surface area contributed by atoms with Crippen LogP contribution in [0.25, 0.3) is 0 Å². The highest BCUT2D eigenvalue weighted by Crippen LogP contribution is 2.15. The van der Waals surface area contributed by atoms with Gasteiger partial charge in [-0.15, -0.1) is 0 Å². The molecule has 1 aromatic heterocycles. The molecule has 0 aliphatic carbocycles. The lowest BCUT2D eigenvalue weighted by Crippen LogP contribution is -2.25. The fourth-order valence-electron chi connectivity index (χ4n) is 1.22. The van der Waals surface area contributed by atoms with Gasteiger partial charge in [0.1, 0.15) is 0 Å². The Labute approximate surface area is 99.4 Å². The summed E-state index contributed by atoms with van der Waals surface area (Å²) in [4.78, 5) is 9.41. The second-order valence-electron chi connectivity index (χ2n) is 3.37. The lowest BCUT2D eigenvalue weighted by atomic mass is 10.4. The van der Waals surface area contributed by atoms with Crippen molar-refractivity contribution in [1.29, 1.82) is 0 Å². The molecule has 96 valence electrons. The van der Waals surface area contributed by atoms with Crippen LogP contribution in [0.1, 0.15) is 0 Å². The third kappa shape index (κ3) is 4.12. The van der Waals surface area contributed by atoms with Crippen molar-refractivity contribution in [3.8, 4) is 0 Å². The van der Waals surface area contributed by atoms with E-state index in [0.29, 0.717) is 19.1 Å². The van der Waals surface area contributed by atoms with Gasteiger partial charge in [0.25, 0.3) is 0 Å². The van der Waals surface area contributed by atoms with E-state index in [-0.39, 0.29) is 19.0 Å². The molecule has 0 aliphatic rings. The molecule has 0 aliphatic heterocycles. The maximum absolute atomic E-state index is 13.5. The largest absolute Gasteiger partial charge is 0.394 e. The van der Waals surface area contributed by atoms with Crippen molar-refractivity contribution >= 4 is 11.8 Å². The lowest BCUT2D eigenvalue weighted by molar-refractivity contribution is 0.0970. The number of rotatable bonds is 7. The fraction of sp³-hybridized carbons (Fsp3) is 0.600. The van der Waals surface area contributed by atoms with Crippen LogP contribution in [0.5, 0.6) is 0 Å². The van der Waals surface area contributed by atoms with Gasteiger partial charge in [-0.25, -0.2) is 9.37 Å². The van der Waals surface area contributed by atoms with Crippen molar-refractivity contribution in [3.05, 3.63) is 12.0 Å². The molecule has 0 unspecified atom stereocenters. The zero-order valence-corrected chi connectivity index (χ0v) is 9.98. The molecule has 0 saturated heterocycles. The molecule has 0 saturated carbocycles. The Morgan fingerprint density at radius 2 is 2.29 bits per heavy atom. The molecule has 2 N–H and O–H groups in total. The number of hydrogen-bond donors (Lipinski definition) is 2. The van der Waals surface area contributed by atoms with Crippen LogP contribution in [-0.2, 0) is 4.74 Å². The van der Waals surface area contributed by atoms with Crippen LogP contribution in [0.2, 0.25) is 0 Å². The number of aromatic nitrogens is 2. The molecule has 1 heterocycles. The molecule has 0 bridgehead atoms. The number of likely N-dealkylation sites (N-methyl/N-ethyl adjacent to an activating group) is 1. The third-order valence-electron chi connectivity index (χ3n) is 2.12. The van der Waals surface area contributed by atoms with Crippen LogP contribution < -0.4 is 10.2 Å². The minimum atomic E-state index is -0.478. The Morgan fingerprint density at radius 1 is 1.53 bits per heavy atom. The second-order valence-corrected chi connectivity index (χ2v) is 3.37. The molecule has 6 nitrogen and oxygen atoms in total. The Morgan fingerprint density at radius 3 is 2.94 bits per heavy atom. The van der Waals surface area contributed by atoms with Gasteiger partial charge >= 0.3 is 0 Å². The van der Waals surface area contributed by atoms with Crippen LogP contribution in [0.15, 0.2) is 6.20 Å². The first-order valence-electron chi connectivity index (χ1n) is 5.29. The summed E-state index contributed by atoms with van der Waals surface area (Å²) in [5, 5.41) is 11.3. The Kier molecular flexibility index (Phi) is 5.58. The van der Waals surface area contributed by atoms with E-state index in [1.165, 1.54) is 0 Å². The topological polar surface area (TPSA) is 70.5 Å². The fourth-order valence-corrected chi connectivity index (χ4v) is 1.22. The quantitative estimate of drug-likeness (QED) is 0.663. The number of aliphatic hydroxyl groups is 1. The molecule has 0 spiro atoms. The standard InChI is InChI=1S/C10H17FN4O2/c1-12-10-13-7-8(11)9(14-10)15(2)3-5-17-6-4-16/h7,16H,3-6H2,1-2H3,(H,12,13,14). The van der Waals surface area contributed by atoms with Gasteiger partial charge in [-0.1, -0.05) is 0 Å². The number of ether oxygens (including phenoxy) is 1. The molecule has 17 heavy (non-hydrogen) atoms. The summed E-state index contributed by atoms with van der Waals surface area (Å²) in [5.41, 5.74) is 0. The summed E-state index contributed by atoms with van der Waals surface area (Å²) in [6, 6.07) is 0. The molecular weight excluding hydrogens is 227 g/mol. The van der Waals surface area contributed by atoms with Crippen molar-refractivity contribution in [1.82, 2.24) is 9.97 Å². The van der Waals surface area contributed by atoms with E-state index < -0.39 is 5.82 Å². The third-order valence-corrected chi connectivity index (χ3v) is 2.12. The van der Waals surface area contributed by atoms with Crippen LogP contribution in [0.4, 0.5) is 16.2 Å². The first kappa shape index (κ1) is 13.6. The summed E-state index contributed by atoms with van der Waals surface area (Å²) < 4.78 is 18.6. The zero-order chi connectivity index (χ0) is 12.7. The van der Waals surface area contributed by atoms with Crippen molar-refractivity contribution < 1.29 is 14.2 Å². The van der Waals surface area contributed by atoms with Gasteiger partial charge in [-0.2, -0.15) is 4.98 Å². The van der Waals surface area contributed by atoms with Gasteiger partial charge in [-0.05, 0) is 0 Å². The number of nitrogens with one attached hydrogen (secondary N) is 1. The SMILES string of the molecule is CNc1ncc(F)c(N(C)CCOCCO)n1. The molecule has 0 amide bonds. The maximum atomic E-state index is 13.5. The van der Waals surface area contributed by atoms with E-state index in [0.717, 1.165) is 6.20 Å². The maximum Gasteiger partial charge on any atom is 0.224 e. The van der Waals surface area contributed by atoms with Gasteiger partial charge in [0.05, 0.1) is 26.0 Å². The predicted octanol–water partition coefficient (Wildman–Crippen LogP) is 0.102. The van der Waals surface area contributed by atoms with Gasteiger partial charge in [-0.3, -0.25) is 0 Å². The van der Waals surface area contributed by atoms with E-state index in [9.17, 15) is 4.39 Å². The zero-order valence-electron chi connectivity index (χ0n) is 9.98. The number of hydrogen-bond acceptors (Lipinski definition) is 6. The minimum absolute atomic E-state index is 0.0184. The molecule has 0 atom stereocenters. The van der Waals surface area contributed by atoms with Crippen LogP contribution >= 0.6 is 0 Å². The van der Waals surface area contributed by atoms with Gasteiger partial charge in [0.15, 0.2) is 11.6 Å². The van der Waals surface area contributed by atoms with Crippen LogP contribution in [0, 0.1) is 5.82 Å². The Balaban J connectivity index is 2.57. The number of aliphatic hydroxyl groups excluding tert-OH is 1. The van der Waals surface area contributed by atoms with Crippen LogP contribution in [-0.4, -0.2) is 55.5 Å². The lowest BCUT2D eigenvalue weighted by Gasteiger charge is -2.18. The second kappa shape index (κ2) is 6.97. The van der Waals surface area contributed by atoms with Crippen LogP contribution in [0.3, 0.4) is 0 Å². The van der Waals surface area contributed by atoms with E-state index in [1.807, 2.05) is 0 Å². The number of anilines is 2. The van der Waals surface area contributed by atoms with E-state index in [1.54, 1.807) is 19.0 Å².